The van der Waals surface area contributed by atoms with Crippen molar-refractivity contribution in [2.75, 3.05) is 20.1 Å². The lowest BCUT2D eigenvalue weighted by atomic mass is 10.2. The zero-order valence-corrected chi connectivity index (χ0v) is 10.8. The van der Waals surface area contributed by atoms with Crippen molar-refractivity contribution in [2.24, 2.45) is 0 Å². The second-order valence-electron chi connectivity index (χ2n) is 5.06. The molecule has 2 nitrogen and oxygen atoms in total. The van der Waals surface area contributed by atoms with Gasteiger partial charge in [-0.25, -0.2) is 0 Å². The lowest BCUT2D eigenvalue weighted by Gasteiger charge is -2.25. The minimum Gasteiger partial charge on any atom is -0.313 e. The van der Waals surface area contributed by atoms with E-state index in [0.717, 1.165) is 12.6 Å². The van der Waals surface area contributed by atoms with Gasteiger partial charge in [-0.1, -0.05) is 26.2 Å². The highest BCUT2D eigenvalue weighted by molar-refractivity contribution is 4.75. The van der Waals surface area contributed by atoms with Crippen molar-refractivity contribution >= 4 is 0 Å². The molecule has 0 aliphatic heterocycles. The van der Waals surface area contributed by atoms with Crippen molar-refractivity contribution in [3.63, 3.8) is 0 Å². The normalized spacial score (nSPS) is 20.0. The van der Waals surface area contributed by atoms with E-state index in [2.05, 4.69) is 31.1 Å². The topological polar surface area (TPSA) is 15.3 Å². The van der Waals surface area contributed by atoms with Crippen molar-refractivity contribution < 1.29 is 0 Å². The van der Waals surface area contributed by atoms with Gasteiger partial charge in [0.1, 0.15) is 0 Å². The second-order valence-corrected chi connectivity index (χ2v) is 5.06. The first-order valence-corrected chi connectivity index (χ1v) is 6.67. The molecular formula is C13H28N2. The Morgan fingerprint density at radius 2 is 2.00 bits per heavy atom. The Balaban J connectivity index is 2.03. The zero-order chi connectivity index (χ0) is 11.1. The fourth-order valence-electron chi connectivity index (χ4n) is 2.55. The average Bonchev–Trinajstić information content (AvgIpc) is 2.70. The number of rotatable bonds is 7. The molecule has 0 heterocycles. The first kappa shape index (κ1) is 13.0. The summed E-state index contributed by atoms with van der Waals surface area (Å²) in [7, 11) is 2.28. The largest absolute Gasteiger partial charge is 0.313 e. The van der Waals surface area contributed by atoms with E-state index in [4.69, 9.17) is 0 Å². The van der Waals surface area contributed by atoms with Crippen molar-refractivity contribution in [1.82, 2.24) is 10.2 Å². The molecule has 1 fully saturated rings. The fourth-order valence-corrected chi connectivity index (χ4v) is 2.55. The van der Waals surface area contributed by atoms with Crippen LogP contribution < -0.4 is 5.32 Å². The number of nitrogens with one attached hydrogen (secondary N) is 1. The van der Waals surface area contributed by atoms with Gasteiger partial charge in [0.2, 0.25) is 0 Å². The van der Waals surface area contributed by atoms with Gasteiger partial charge >= 0.3 is 0 Å². The first-order valence-electron chi connectivity index (χ1n) is 6.67. The molecular weight excluding hydrogens is 184 g/mol. The molecule has 1 unspecified atom stereocenters. The summed E-state index contributed by atoms with van der Waals surface area (Å²) in [6.45, 7) is 6.90. The van der Waals surface area contributed by atoms with Crippen LogP contribution in [0, 0.1) is 0 Å². The minimum absolute atomic E-state index is 0.687. The third kappa shape index (κ3) is 4.98. The highest BCUT2D eigenvalue weighted by Crippen LogP contribution is 2.21. The highest BCUT2D eigenvalue weighted by atomic mass is 15.1. The van der Waals surface area contributed by atoms with Crippen LogP contribution in [0.4, 0.5) is 0 Å². The number of likely N-dealkylation sites (N-methyl/N-ethyl adjacent to an activating group) is 1. The molecule has 1 saturated carbocycles. The van der Waals surface area contributed by atoms with Crippen LogP contribution in [-0.4, -0.2) is 37.1 Å². The predicted octanol–water partition coefficient (Wildman–Crippen LogP) is 2.64. The molecule has 0 amide bonds. The summed E-state index contributed by atoms with van der Waals surface area (Å²) in [4.78, 5) is 2.54. The third-order valence-electron chi connectivity index (χ3n) is 3.63. The quantitative estimate of drug-likeness (QED) is 0.698. The Bertz CT molecular complexity index is 153. The summed E-state index contributed by atoms with van der Waals surface area (Å²) >= 11 is 0. The van der Waals surface area contributed by atoms with Crippen LogP contribution in [0.1, 0.15) is 52.4 Å². The minimum atomic E-state index is 0.687. The molecule has 90 valence electrons. The summed E-state index contributed by atoms with van der Waals surface area (Å²) in [5.41, 5.74) is 0. The summed E-state index contributed by atoms with van der Waals surface area (Å²) in [6.07, 6.45) is 8.30. The molecule has 0 aromatic heterocycles. The zero-order valence-electron chi connectivity index (χ0n) is 10.8. The second kappa shape index (κ2) is 7.24. The third-order valence-corrected chi connectivity index (χ3v) is 3.63. The summed E-state index contributed by atoms with van der Waals surface area (Å²) in [5.74, 6) is 0. The standard InChI is InChI=1S/C13H28N2/c1-4-7-12(2)14-10-11-15(3)13-8-5-6-9-13/h12-14H,4-11H2,1-3H3. The van der Waals surface area contributed by atoms with Crippen LogP contribution in [0.3, 0.4) is 0 Å². The maximum absolute atomic E-state index is 3.60. The monoisotopic (exact) mass is 212 g/mol. The van der Waals surface area contributed by atoms with Crippen molar-refractivity contribution in [3.8, 4) is 0 Å². The molecule has 1 aliphatic carbocycles. The molecule has 0 radical (unpaired) electrons. The van der Waals surface area contributed by atoms with Crippen LogP contribution in [0.5, 0.6) is 0 Å². The molecule has 0 aromatic rings. The summed E-state index contributed by atoms with van der Waals surface area (Å²) in [5, 5.41) is 3.60. The van der Waals surface area contributed by atoms with Gasteiger partial charge in [0.25, 0.3) is 0 Å². The predicted molar refractivity (Wildman–Crippen MR) is 67.3 cm³/mol. The van der Waals surface area contributed by atoms with E-state index < -0.39 is 0 Å². The van der Waals surface area contributed by atoms with Crippen LogP contribution in [-0.2, 0) is 0 Å². The lowest BCUT2D eigenvalue weighted by molar-refractivity contribution is 0.242. The van der Waals surface area contributed by atoms with E-state index in [0.29, 0.717) is 6.04 Å². The van der Waals surface area contributed by atoms with Gasteiger partial charge in [0.05, 0.1) is 0 Å². The van der Waals surface area contributed by atoms with Crippen LogP contribution >= 0.6 is 0 Å². The highest BCUT2D eigenvalue weighted by Gasteiger charge is 2.18. The molecule has 1 atom stereocenters. The van der Waals surface area contributed by atoms with E-state index in [1.165, 1.54) is 45.1 Å². The Morgan fingerprint density at radius 1 is 1.33 bits per heavy atom. The Kier molecular flexibility index (Phi) is 6.26. The molecule has 1 rings (SSSR count). The van der Waals surface area contributed by atoms with E-state index in [1.807, 2.05) is 0 Å². The first-order chi connectivity index (χ1) is 7.24. The van der Waals surface area contributed by atoms with Gasteiger partial charge in [0, 0.05) is 25.2 Å². The molecule has 1 N–H and O–H groups in total. The molecule has 0 bridgehead atoms. The lowest BCUT2D eigenvalue weighted by Crippen LogP contribution is -2.38. The number of hydrogen-bond donors (Lipinski definition) is 1. The Morgan fingerprint density at radius 3 is 2.60 bits per heavy atom. The van der Waals surface area contributed by atoms with E-state index in [9.17, 15) is 0 Å². The maximum atomic E-state index is 3.60. The van der Waals surface area contributed by atoms with Gasteiger partial charge in [-0.05, 0) is 33.2 Å². The Hall–Kier alpha value is -0.0800. The van der Waals surface area contributed by atoms with Crippen molar-refractivity contribution in [1.29, 1.82) is 0 Å². The van der Waals surface area contributed by atoms with E-state index in [1.54, 1.807) is 0 Å². The summed E-state index contributed by atoms with van der Waals surface area (Å²) in [6, 6.07) is 1.56. The van der Waals surface area contributed by atoms with Crippen LogP contribution in [0.2, 0.25) is 0 Å². The molecule has 0 saturated heterocycles. The van der Waals surface area contributed by atoms with Crippen LogP contribution in [0.25, 0.3) is 0 Å². The average molecular weight is 212 g/mol. The maximum Gasteiger partial charge on any atom is 0.0107 e. The number of nitrogens with zero attached hydrogens (tertiary/aromatic N) is 1. The van der Waals surface area contributed by atoms with Crippen molar-refractivity contribution in [3.05, 3.63) is 0 Å². The van der Waals surface area contributed by atoms with Crippen molar-refractivity contribution in [2.45, 2.75) is 64.5 Å². The van der Waals surface area contributed by atoms with Gasteiger partial charge in [-0.3, -0.25) is 0 Å². The smallest absolute Gasteiger partial charge is 0.0107 e. The summed E-state index contributed by atoms with van der Waals surface area (Å²) < 4.78 is 0. The van der Waals surface area contributed by atoms with Crippen LogP contribution in [0.15, 0.2) is 0 Å². The molecule has 15 heavy (non-hydrogen) atoms. The molecule has 0 spiro atoms. The molecule has 2 heteroatoms. The van der Waals surface area contributed by atoms with Gasteiger partial charge in [0.15, 0.2) is 0 Å². The van der Waals surface area contributed by atoms with Gasteiger partial charge in [-0.15, -0.1) is 0 Å². The fraction of sp³-hybridized carbons (Fsp3) is 1.00. The van der Waals surface area contributed by atoms with E-state index in [-0.39, 0.29) is 0 Å². The molecule has 1 aliphatic rings. The van der Waals surface area contributed by atoms with Gasteiger partial charge < -0.3 is 10.2 Å². The Labute approximate surface area is 95.4 Å². The SMILES string of the molecule is CCCC(C)NCCN(C)C1CCCC1. The number of hydrogen-bond acceptors (Lipinski definition) is 2. The van der Waals surface area contributed by atoms with E-state index >= 15 is 0 Å². The molecule has 0 aromatic carbocycles. The van der Waals surface area contributed by atoms with Gasteiger partial charge in [-0.2, -0.15) is 0 Å².